The number of nitrogens with zero attached hydrogens (tertiary/aromatic N) is 1. The van der Waals surface area contributed by atoms with Gasteiger partial charge in [0.2, 0.25) is 0 Å². The van der Waals surface area contributed by atoms with Crippen LogP contribution in [-0.2, 0) is 0 Å². The number of hydrogen-bond acceptors (Lipinski definition) is 2. The fourth-order valence-corrected chi connectivity index (χ4v) is 2.62. The summed E-state index contributed by atoms with van der Waals surface area (Å²) >= 11 is 3.41. The van der Waals surface area contributed by atoms with Gasteiger partial charge >= 0.3 is 0 Å². The molecule has 0 atom stereocenters. The van der Waals surface area contributed by atoms with Crippen LogP contribution in [0.15, 0.2) is 59.1 Å². The summed E-state index contributed by atoms with van der Waals surface area (Å²) in [6.07, 6.45) is 0. The Hall–Kier alpha value is -2.40. The first-order chi connectivity index (χ1) is 11.5. The van der Waals surface area contributed by atoms with Crippen molar-refractivity contribution in [3.05, 3.63) is 70.3 Å². The molecule has 122 valence electrons. The molecule has 3 aromatic rings. The van der Waals surface area contributed by atoms with Gasteiger partial charge in [-0.1, -0.05) is 54.0 Å². The lowest BCUT2D eigenvalue weighted by molar-refractivity contribution is 0.102. The number of H-pyrrole nitrogens is 1. The van der Waals surface area contributed by atoms with Crippen LogP contribution in [0.2, 0.25) is 0 Å². The van der Waals surface area contributed by atoms with Crippen LogP contribution in [0.4, 0.5) is 5.69 Å². The summed E-state index contributed by atoms with van der Waals surface area (Å²) in [5.74, 6) is 0.263. The normalized spacial score (nSPS) is 10.8. The first-order valence-electron chi connectivity index (χ1n) is 7.75. The molecular weight excluding hydrogens is 366 g/mol. The Bertz CT molecular complexity index is 836. The average molecular weight is 384 g/mol. The van der Waals surface area contributed by atoms with Gasteiger partial charge < -0.3 is 5.32 Å². The van der Waals surface area contributed by atoms with Crippen molar-refractivity contribution in [3.8, 4) is 11.3 Å². The predicted molar refractivity (Wildman–Crippen MR) is 100 cm³/mol. The molecule has 0 aliphatic heterocycles. The van der Waals surface area contributed by atoms with Gasteiger partial charge in [-0.25, -0.2) is 0 Å². The van der Waals surface area contributed by atoms with Gasteiger partial charge in [-0.15, -0.1) is 0 Å². The van der Waals surface area contributed by atoms with E-state index in [0.29, 0.717) is 11.6 Å². The van der Waals surface area contributed by atoms with Crippen molar-refractivity contribution < 1.29 is 4.79 Å². The number of benzene rings is 2. The number of hydrogen-bond donors (Lipinski definition) is 2. The molecule has 4 nitrogen and oxygen atoms in total. The van der Waals surface area contributed by atoms with Crippen molar-refractivity contribution in [3.63, 3.8) is 0 Å². The van der Waals surface area contributed by atoms with Crippen molar-refractivity contribution in [2.24, 2.45) is 0 Å². The second kappa shape index (κ2) is 7.01. The van der Waals surface area contributed by atoms with Crippen LogP contribution in [0.25, 0.3) is 11.3 Å². The fraction of sp³-hybridized carbons (Fsp3) is 0.158. The first kappa shape index (κ1) is 16.5. The highest BCUT2D eigenvalue weighted by Gasteiger charge is 2.11. The number of aromatic amines is 1. The summed E-state index contributed by atoms with van der Waals surface area (Å²) in [4.78, 5) is 12.3. The van der Waals surface area contributed by atoms with Crippen LogP contribution in [0.5, 0.6) is 0 Å². The molecule has 0 saturated carbocycles. The Morgan fingerprint density at radius 1 is 1.08 bits per heavy atom. The molecule has 1 aromatic heterocycles. The minimum absolute atomic E-state index is 0.205. The minimum atomic E-state index is -0.205. The largest absolute Gasteiger partial charge is 0.321 e. The van der Waals surface area contributed by atoms with Crippen LogP contribution in [0.1, 0.15) is 35.8 Å². The molecular formula is C19H18BrN3O. The first-order valence-corrected chi connectivity index (χ1v) is 8.55. The van der Waals surface area contributed by atoms with Crippen molar-refractivity contribution in [2.45, 2.75) is 19.8 Å². The Morgan fingerprint density at radius 2 is 1.75 bits per heavy atom. The summed E-state index contributed by atoms with van der Waals surface area (Å²) in [5, 5.41) is 9.89. The van der Waals surface area contributed by atoms with Gasteiger partial charge in [-0.3, -0.25) is 9.89 Å². The Morgan fingerprint density at radius 3 is 2.38 bits per heavy atom. The molecule has 0 saturated heterocycles. The quantitative estimate of drug-likeness (QED) is 0.648. The second-order valence-electron chi connectivity index (χ2n) is 5.90. The number of carbonyl (C=O) groups excluding carboxylic acids is 1. The molecule has 0 aliphatic carbocycles. The fourth-order valence-electron chi connectivity index (χ4n) is 2.36. The summed E-state index contributed by atoms with van der Waals surface area (Å²) in [5.41, 5.74) is 4.13. The number of aromatic nitrogens is 2. The van der Waals surface area contributed by atoms with E-state index in [4.69, 9.17) is 0 Å². The molecule has 24 heavy (non-hydrogen) atoms. The van der Waals surface area contributed by atoms with Gasteiger partial charge in [0.25, 0.3) is 5.91 Å². The highest BCUT2D eigenvalue weighted by Crippen LogP contribution is 2.21. The highest BCUT2D eigenvalue weighted by molar-refractivity contribution is 9.10. The second-order valence-corrected chi connectivity index (χ2v) is 6.82. The van der Waals surface area contributed by atoms with Crippen LogP contribution in [-0.4, -0.2) is 16.1 Å². The van der Waals surface area contributed by atoms with Crippen LogP contribution >= 0.6 is 15.9 Å². The van der Waals surface area contributed by atoms with Crippen LogP contribution in [0.3, 0.4) is 0 Å². The van der Waals surface area contributed by atoms with E-state index in [2.05, 4.69) is 45.3 Å². The zero-order chi connectivity index (χ0) is 17.1. The Balaban J connectivity index is 1.72. The summed E-state index contributed by atoms with van der Waals surface area (Å²) in [7, 11) is 0. The zero-order valence-electron chi connectivity index (χ0n) is 13.5. The third kappa shape index (κ3) is 3.74. The molecule has 0 unspecified atom stereocenters. The molecule has 2 N–H and O–H groups in total. The SMILES string of the molecule is CC(C)c1ccc(NC(=O)c2cc(-c3ccc(Br)cc3)n[nH]2)cc1. The van der Waals surface area contributed by atoms with E-state index in [0.717, 1.165) is 21.4 Å². The van der Waals surface area contributed by atoms with Gasteiger partial charge in [0.05, 0.1) is 5.69 Å². The van der Waals surface area contributed by atoms with Crippen molar-refractivity contribution in [1.29, 1.82) is 0 Å². The van der Waals surface area contributed by atoms with Gasteiger partial charge in [0.1, 0.15) is 5.69 Å². The van der Waals surface area contributed by atoms with Crippen molar-refractivity contribution in [1.82, 2.24) is 10.2 Å². The highest BCUT2D eigenvalue weighted by atomic mass is 79.9. The van der Waals surface area contributed by atoms with E-state index in [-0.39, 0.29) is 5.91 Å². The summed E-state index contributed by atoms with van der Waals surface area (Å²) in [6, 6.07) is 17.4. The van der Waals surface area contributed by atoms with E-state index < -0.39 is 0 Å². The number of nitrogens with one attached hydrogen (secondary N) is 2. The lowest BCUT2D eigenvalue weighted by Gasteiger charge is -2.07. The molecule has 1 amide bonds. The monoisotopic (exact) mass is 383 g/mol. The van der Waals surface area contributed by atoms with Crippen molar-refractivity contribution >= 4 is 27.5 Å². The molecule has 0 spiro atoms. The Kier molecular flexibility index (Phi) is 4.81. The Labute approximate surface area is 149 Å². The third-order valence-corrected chi connectivity index (χ3v) is 4.33. The van der Waals surface area contributed by atoms with E-state index in [9.17, 15) is 4.79 Å². The zero-order valence-corrected chi connectivity index (χ0v) is 15.1. The predicted octanol–water partition coefficient (Wildman–Crippen LogP) is 5.21. The van der Waals surface area contributed by atoms with E-state index in [1.807, 2.05) is 48.5 Å². The maximum Gasteiger partial charge on any atom is 0.273 e. The molecule has 0 bridgehead atoms. The smallest absolute Gasteiger partial charge is 0.273 e. The lowest BCUT2D eigenvalue weighted by Crippen LogP contribution is -2.12. The average Bonchev–Trinajstić information content (AvgIpc) is 3.06. The summed E-state index contributed by atoms with van der Waals surface area (Å²) in [6.45, 7) is 4.28. The number of rotatable bonds is 4. The maximum absolute atomic E-state index is 12.3. The number of amides is 1. The number of anilines is 1. The van der Waals surface area contributed by atoms with E-state index >= 15 is 0 Å². The van der Waals surface area contributed by atoms with Gasteiger partial charge in [0.15, 0.2) is 0 Å². The van der Waals surface area contributed by atoms with E-state index in [1.165, 1.54) is 5.56 Å². The molecule has 5 heteroatoms. The lowest BCUT2D eigenvalue weighted by atomic mass is 10.0. The number of halogens is 1. The third-order valence-electron chi connectivity index (χ3n) is 3.80. The summed E-state index contributed by atoms with van der Waals surface area (Å²) < 4.78 is 1.00. The van der Waals surface area contributed by atoms with Crippen LogP contribution in [0, 0.1) is 0 Å². The van der Waals surface area contributed by atoms with Crippen LogP contribution < -0.4 is 5.32 Å². The maximum atomic E-state index is 12.3. The molecule has 0 aliphatic rings. The molecule has 3 rings (SSSR count). The van der Waals surface area contributed by atoms with Gasteiger partial charge in [-0.2, -0.15) is 5.10 Å². The molecule has 1 heterocycles. The molecule has 0 radical (unpaired) electrons. The molecule has 2 aromatic carbocycles. The molecule has 0 fully saturated rings. The minimum Gasteiger partial charge on any atom is -0.321 e. The van der Waals surface area contributed by atoms with Crippen molar-refractivity contribution in [2.75, 3.05) is 5.32 Å². The topological polar surface area (TPSA) is 57.8 Å². The van der Waals surface area contributed by atoms with E-state index in [1.54, 1.807) is 6.07 Å². The number of carbonyl (C=O) groups is 1. The van der Waals surface area contributed by atoms with Gasteiger partial charge in [-0.05, 0) is 41.8 Å². The van der Waals surface area contributed by atoms with Gasteiger partial charge in [0, 0.05) is 15.7 Å². The standard InChI is InChI=1S/C19H18BrN3O/c1-12(2)13-5-9-16(10-6-13)21-19(24)18-11-17(22-23-18)14-3-7-15(20)8-4-14/h3-12H,1-2H3,(H,21,24)(H,22,23).